The largest absolute Gasteiger partial charge is 0.396 e. The lowest BCUT2D eigenvalue weighted by Crippen LogP contribution is -2.15. The van der Waals surface area contributed by atoms with E-state index in [1.165, 1.54) is 0 Å². The van der Waals surface area contributed by atoms with Gasteiger partial charge in [0.05, 0.1) is 0 Å². The number of nitrogens with zero attached hydrogens (tertiary/aromatic N) is 2. The van der Waals surface area contributed by atoms with Gasteiger partial charge in [0.15, 0.2) is 6.07 Å². The van der Waals surface area contributed by atoms with Crippen molar-refractivity contribution >= 4 is 11.6 Å². The van der Waals surface area contributed by atoms with Crippen LogP contribution in [0.2, 0.25) is 0 Å². The van der Waals surface area contributed by atoms with Crippen molar-refractivity contribution in [3.05, 3.63) is 0 Å². The zero-order valence-electron chi connectivity index (χ0n) is 6.74. The molecule has 0 radical (unpaired) electrons. The molecule has 0 aromatic rings. The Balaban J connectivity index is 2.21. The summed E-state index contributed by atoms with van der Waals surface area (Å²) in [4.78, 5) is 4.61. The second-order valence-corrected chi connectivity index (χ2v) is 2.91. The summed E-state index contributed by atoms with van der Waals surface area (Å²) >= 11 is 5.24. The van der Waals surface area contributed by atoms with Crippen LogP contribution in [-0.4, -0.2) is 35.6 Å². The van der Waals surface area contributed by atoms with Crippen molar-refractivity contribution in [2.45, 2.75) is 6.42 Å². The molecule has 1 unspecified atom stereocenters. The quantitative estimate of drug-likeness (QED) is 0.289. The maximum Gasteiger partial charge on any atom is 0.172 e. The first kappa shape index (κ1) is 9.70. The smallest absolute Gasteiger partial charge is 0.172 e. The van der Waals surface area contributed by atoms with E-state index in [1.54, 1.807) is 0 Å². The number of hydrogen-bond donors (Lipinski definition) is 2. The summed E-state index contributed by atoms with van der Waals surface area (Å²) < 4.78 is 1.81. The Kier molecular flexibility index (Phi) is 4.27. The lowest BCUT2D eigenvalue weighted by atomic mass is 10.1. The van der Waals surface area contributed by atoms with Crippen LogP contribution in [0.5, 0.6) is 0 Å². The van der Waals surface area contributed by atoms with Gasteiger partial charge in [-0.1, -0.05) is 11.6 Å². The predicted octanol–water partition coefficient (Wildman–Crippen LogP) is 0.0958. The molecule has 70 valence electrons. The fraction of sp³-hybridized carbons (Fsp3) is 1.00. The Morgan fingerprint density at radius 2 is 2.58 bits per heavy atom. The molecule has 1 heterocycles. The highest BCUT2D eigenvalue weighted by Crippen LogP contribution is 2.10. The minimum absolute atomic E-state index is 0.0702. The van der Waals surface area contributed by atoms with Gasteiger partial charge in [-0.2, -0.15) is 9.53 Å². The number of aliphatic hydroxyl groups excluding tert-OH is 1. The molecule has 2 N–H and O–H groups in total. The van der Waals surface area contributed by atoms with Gasteiger partial charge in [0.1, 0.15) is 18.3 Å². The second kappa shape index (κ2) is 5.29. The standard InChI is InChI=1S/C6H12ClN3O2/c7-5-12-9-8-10-2-1-6(3-10)4-11/h6,11H,1-5H2/p+1. The van der Waals surface area contributed by atoms with E-state index < -0.39 is 0 Å². The summed E-state index contributed by atoms with van der Waals surface area (Å²) in [6.07, 6.45) is 0.975. The molecule has 0 aromatic heterocycles. The van der Waals surface area contributed by atoms with E-state index in [4.69, 9.17) is 16.7 Å². The summed E-state index contributed by atoms with van der Waals surface area (Å²) in [5.74, 6) is 0.339. The van der Waals surface area contributed by atoms with Crippen molar-refractivity contribution in [3.63, 3.8) is 0 Å². The third-order valence-corrected chi connectivity index (χ3v) is 1.93. The normalized spacial score (nSPS) is 26.5. The number of alkyl halides is 1. The Morgan fingerprint density at radius 1 is 1.75 bits per heavy atom. The minimum Gasteiger partial charge on any atom is -0.396 e. The van der Waals surface area contributed by atoms with Gasteiger partial charge in [-0.3, -0.25) is 0 Å². The Morgan fingerprint density at radius 3 is 3.17 bits per heavy atom. The molecule has 1 aliphatic rings. The third-order valence-electron chi connectivity index (χ3n) is 1.82. The van der Waals surface area contributed by atoms with Gasteiger partial charge in [-0.05, 0) is 12.0 Å². The molecule has 1 saturated heterocycles. The van der Waals surface area contributed by atoms with E-state index in [9.17, 15) is 0 Å². The van der Waals surface area contributed by atoms with E-state index in [1.807, 2.05) is 4.70 Å². The molecule has 1 aliphatic heterocycles. The van der Waals surface area contributed by atoms with Crippen LogP contribution in [0.4, 0.5) is 0 Å². The summed E-state index contributed by atoms with van der Waals surface area (Å²) in [7, 11) is 0. The zero-order valence-corrected chi connectivity index (χ0v) is 7.50. The molecule has 0 aromatic carbocycles. The number of rotatable bonds is 4. The van der Waals surface area contributed by atoms with Gasteiger partial charge in [-0.25, -0.2) is 0 Å². The molecule has 5 nitrogen and oxygen atoms in total. The molecular weight excluding hydrogens is 182 g/mol. The Bertz CT molecular complexity index is 165. The van der Waals surface area contributed by atoms with E-state index in [0.717, 1.165) is 19.5 Å². The average Bonchev–Trinajstić information content (AvgIpc) is 2.53. The predicted molar refractivity (Wildman–Crippen MR) is 42.6 cm³/mol. The van der Waals surface area contributed by atoms with Crippen molar-refractivity contribution < 1.29 is 14.6 Å². The Hall–Kier alpha value is -0.390. The highest BCUT2D eigenvalue weighted by atomic mass is 35.5. The number of halogens is 1. The summed E-state index contributed by atoms with van der Waals surface area (Å²) in [5.41, 5.74) is 2.36. The molecule has 0 aliphatic carbocycles. The van der Waals surface area contributed by atoms with E-state index in [-0.39, 0.29) is 12.7 Å². The topological polar surface area (TPSA) is 56.9 Å². The summed E-state index contributed by atoms with van der Waals surface area (Å²) in [5, 5.41) is 12.7. The van der Waals surface area contributed by atoms with Gasteiger partial charge < -0.3 is 5.11 Å². The van der Waals surface area contributed by atoms with Crippen molar-refractivity contribution in [1.82, 2.24) is 5.59 Å². The molecular formula is C6H13ClN3O2+. The van der Waals surface area contributed by atoms with E-state index >= 15 is 0 Å². The fourth-order valence-corrected chi connectivity index (χ4v) is 1.21. The van der Waals surface area contributed by atoms with Crippen molar-refractivity contribution in [2.24, 2.45) is 11.1 Å². The second-order valence-electron chi connectivity index (χ2n) is 2.69. The maximum absolute atomic E-state index is 8.81. The van der Waals surface area contributed by atoms with E-state index in [0.29, 0.717) is 5.92 Å². The van der Waals surface area contributed by atoms with Crippen LogP contribution in [0.25, 0.3) is 0 Å². The van der Waals surface area contributed by atoms with Crippen LogP contribution in [0.1, 0.15) is 6.42 Å². The molecule has 0 amide bonds. The highest BCUT2D eigenvalue weighted by Gasteiger charge is 2.22. The first-order valence-corrected chi connectivity index (χ1v) is 4.39. The number of aliphatic hydroxyl groups is 1. The van der Waals surface area contributed by atoms with Crippen LogP contribution >= 0.6 is 11.6 Å². The van der Waals surface area contributed by atoms with Gasteiger partial charge >= 0.3 is 0 Å². The summed E-state index contributed by atoms with van der Waals surface area (Å²) in [6, 6.07) is 0.0702. The molecule has 0 spiro atoms. The average molecular weight is 195 g/mol. The zero-order chi connectivity index (χ0) is 8.81. The van der Waals surface area contributed by atoms with Crippen LogP contribution < -0.4 is 5.59 Å². The molecule has 6 heteroatoms. The van der Waals surface area contributed by atoms with Crippen LogP contribution in [0, 0.1) is 5.92 Å². The van der Waals surface area contributed by atoms with Gasteiger partial charge in [0.25, 0.3) is 0 Å². The molecule has 1 rings (SSSR count). The third kappa shape index (κ3) is 2.92. The lowest BCUT2D eigenvalue weighted by molar-refractivity contribution is -0.587. The number of nitrogens with one attached hydrogen (secondary N) is 1. The molecule has 0 bridgehead atoms. The molecule has 12 heavy (non-hydrogen) atoms. The van der Waals surface area contributed by atoms with Gasteiger partial charge in [-0.15, -0.1) is 0 Å². The van der Waals surface area contributed by atoms with Crippen molar-refractivity contribution in [3.8, 4) is 0 Å². The van der Waals surface area contributed by atoms with E-state index in [2.05, 4.69) is 15.6 Å². The Labute approximate surface area is 75.9 Å². The minimum atomic E-state index is 0.0702. The van der Waals surface area contributed by atoms with Crippen LogP contribution in [0.15, 0.2) is 5.22 Å². The fourth-order valence-electron chi connectivity index (χ4n) is 1.16. The van der Waals surface area contributed by atoms with Crippen molar-refractivity contribution in [1.29, 1.82) is 0 Å². The monoisotopic (exact) mass is 194 g/mol. The molecule has 1 atom stereocenters. The first-order valence-electron chi connectivity index (χ1n) is 3.86. The first-order chi connectivity index (χ1) is 5.86. The van der Waals surface area contributed by atoms with Crippen molar-refractivity contribution in [2.75, 3.05) is 25.8 Å². The summed E-state index contributed by atoms with van der Waals surface area (Å²) in [6.45, 7) is 1.85. The highest BCUT2D eigenvalue weighted by molar-refractivity contribution is 6.17. The number of hydrogen-bond acceptors (Lipinski definition) is 3. The molecule has 1 fully saturated rings. The van der Waals surface area contributed by atoms with Crippen LogP contribution in [0.3, 0.4) is 0 Å². The molecule has 0 saturated carbocycles. The maximum atomic E-state index is 8.81. The lowest BCUT2D eigenvalue weighted by Gasteiger charge is -1.96. The SMILES string of the molecule is OCC1CC[N+](=NNOCCl)C1. The van der Waals surface area contributed by atoms with Gasteiger partial charge in [0.2, 0.25) is 0 Å². The van der Waals surface area contributed by atoms with Crippen LogP contribution in [-0.2, 0) is 4.84 Å². The van der Waals surface area contributed by atoms with Gasteiger partial charge in [0, 0.05) is 12.5 Å².